The van der Waals surface area contributed by atoms with Gasteiger partial charge in [-0.25, -0.2) is 15.1 Å². The molecule has 1 heterocycles. The maximum Gasteiger partial charge on any atom is 0.341 e. The van der Waals surface area contributed by atoms with Gasteiger partial charge in [0, 0.05) is 13.1 Å². The van der Waals surface area contributed by atoms with E-state index in [-0.39, 0.29) is 6.03 Å². The number of rotatable bonds is 3. The first kappa shape index (κ1) is 11.8. The maximum absolute atomic E-state index is 11.4. The summed E-state index contributed by atoms with van der Waals surface area (Å²) in [7, 11) is 0. The zero-order valence-corrected chi connectivity index (χ0v) is 8.73. The Morgan fingerprint density at radius 1 is 1.47 bits per heavy atom. The average molecular weight is 216 g/mol. The van der Waals surface area contributed by atoms with Crippen LogP contribution in [0, 0.1) is 5.92 Å². The second-order valence-electron chi connectivity index (χ2n) is 3.76. The van der Waals surface area contributed by atoms with Crippen molar-refractivity contribution in [2.24, 2.45) is 5.92 Å². The van der Waals surface area contributed by atoms with E-state index in [2.05, 4.69) is 17.2 Å². The SMILES string of the molecule is CC1CCN(C(=O)NOCC(=O)O)CC1. The van der Waals surface area contributed by atoms with Crippen LogP contribution in [0.15, 0.2) is 0 Å². The fourth-order valence-corrected chi connectivity index (χ4v) is 1.44. The Labute approximate surface area is 88.1 Å². The number of urea groups is 1. The minimum atomic E-state index is -1.11. The number of carbonyl (C=O) groups excluding carboxylic acids is 1. The third-order valence-electron chi connectivity index (χ3n) is 2.43. The largest absolute Gasteiger partial charge is 0.479 e. The fourth-order valence-electron chi connectivity index (χ4n) is 1.44. The highest BCUT2D eigenvalue weighted by Crippen LogP contribution is 2.15. The lowest BCUT2D eigenvalue weighted by atomic mass is 10.00. The van der Waals surface area contributed by atoms with Gasteiger partial charge in [-0.3, -0.25) is 4.84 Å². The molecule has 0 unspecified atom stereocenters. The van der Waals surface area contributed by atoms with E-state index in [1.54, 1.807) is 4.90 Å². The molecule has 6 heteroatoms. The van der Waals surface area contributed by atoms with Crippen molar-refractivity contribution in [2.75, 3.05) is 19.7 Å². The van der Waals surface area contributed by atoms with E-state index in [0.29, 0.717) is 19.0 Å². The minimum Gasteiger partial charge on any atom is -0.479 e. The third-order valence-corrected chi connectivity index (χ3v) is 2.43. The molecular formula is C9H16N2O4. The summed E-state index contributed by atoms with van der Waals surface area (Å²) in [6.45, 7) is 3.03. The van der Waals surface area contributed by atoms with Crippen LogP contribution < -0.4 is 5.48 Å². The van der Waals surface area contributed by atoms with E-state index in [4.69, 9.17) is 5.11 Å². The van der Waals surface area contributed by atoms with Crippen LogP contribution in [-0.2, 0) is 9.63 Å². The number of hydroxylamine groups is 1. The van der Waals surface area contributed by atoms with Crippen molar-refractivity contribution in [1.29, 1.82) is 0 Å². The van der Waals surface area contributed by atoms with Crippen LogP contribution in [0.3, 0.4) is 0 Å². The number of nitrogens with one attached hydrogen (secondary N) is 1. The van der Waals surface area contributed by atoms with Gasteiger partial charge in [0.15, 0.2) is 6.61 Å². The van der Waals surface area contributed by atoms with Gasteiger partial charge in [0.25, 0.3) is 0 Å². The summed E-state index contributed by atoms with van der Waals surface area (Å²) in [6, 6.07) is -0.358. The van der Waals surface area contributed by atoms with Gasteiger partial charge in [0.2, 0.25) is 0 Å². The number of carbonyl (C=O) groups is 2. The van der Waals surface area contributed by atoms with Gasteiger partial charge >= 0.3 is 12.0 Å². The quantitative estimate of drug-likeness (QED) is 0.671. The number of amides is 2. The molecule has 0 radical (unpaired) electrons. The highest BCUT2D eigenvalue weighted by Gasteiger charge is 2.20. The first-order valence-corrected chi connectivity index (χ1v) is 4.98. The number of carboxylic acid groups (broad SMARTS) is 1. The summed E-state index contributed by atoms with van der Waals surface area (Å²) in [5.74, 6) is -0.462. The van der Waals surface area contributed by atoms with Gasteiger partial charge in [-0.1, -0.05) is 6.92 Å². The van der Waals surface area contributed by atoms with Crippen molar-refractivity contribution in [3.8, 4) is 0 Å². The zero-order valence-electron chi connectivity index (χ0n) is 8.73. The molecule has 1 saturated heterocycles. The van der Waals surface area contributed by atoms with Gasteiger partial charge in [-0.15, -0.1) is 0 Å². The lowest BCUT2D eigenvalue weighted by Crippen LogP contribution is -2.44. The second-order valence-corrected chi connectivity index (χ2v) is 3.76. The lowest BCUT2D eigenvalue weighted by molar-refractivity contribution is -0.144. The van der Waals surface area contributed by atoms with E-state index in [1.807, 2.05) is 0 Å². The molecule has 6 nitrogen and oxygen atoms in total. The molecule has 1 aliphatic heterocycles. The number of carboxylic acids is 1. The molecule has 2 amide bonds. The summed E-state index contributed by atoms with van der Waals surface area (Å²) in [4.78, 5) is 27.6. The van der Waals surface area contributed by atoms with E-state index in [9.17, 15) is 9.59 Å². The van der Waals surface area contributed by atoms with Gasteiger partial charge < -0.3 is 10.0 Å². The molecule has 0 aliphatic carbocycles. The van der Waals surface area contributed by atoms with Crippen molar-refractivity contribution in [2.45, 2.75) is 19.8 Å². The minimum absolute atomic E-state index is 0.358. The van der Waals surface area contributed by atoms with Crippen molar-refractivity contribution < 1.29 is 19.5 Å². The van der Waals surface area contributed by atoms with Gasteiger partial charge in [-0.05, 0) is 18.8 Å². The van der Waals surface area contributed by atoms with E-state index >= 15 is 0 Å². The predicted octanol–water partition coefficient (Wildman–Crippen LogP) is 0.444. The molecule has 0 bridgehead atoms. The normalized spacial score (nSPS) is 17.5. The first-order valence-electron chi connectivity index (χ1n) is 4.98. The van der Waals surface area contributed by atoms with Crippen LogP contribution in [-0.4, -0.2) is 41.7 Å². The third kappa shape index (κ3) is 4.16. The van der Waals surface area contributed by atoms with Crippen molar-refractivity contribution in [1.82, 2.24) is 10.4 Å². The van der Waals surface area contributed by atoms with Crippen LogP contribution in [0.1, 0.15) is 19.8 Å². The topological polar surface area (TPSA) is 78.9 Å². The molecule has 0 saturated carbocycles. The zero-order chi connectivity index (χ0) is 11.3. The molecule has 15 heavy (non-hydrogen) atoms. The van der Waals surface area contributed by atoms with Gasteiger partial charge in [0.1, 0.15) is 0 Å². The monoisotopic (exact) mass is 216 g/mol. The lowest BCUT2D eigenvalue weighted by Gasteiger charge is -2.29. The van der Waals surface area contributed by atoms with E-state index in [0.717, 1.165) is 12.8 Å². The number of piperidine rings is 1. The Kier molecular flexibility index (Phi) is 4.36. The Morgan fingerprint density at radius 2 is 2.07 bits per heavy atom. The molecule has 0 aromatic carbocycles. The Balaban J connectivity index is 2.19. The van der Waals surface area contributed by atoms with Gasteiger partial charge in [-0.2, -0.15) is 0 Å². The highest BCUT2D eigenvalue weighted by atomic mass is 16.7. The number of hydrogen-bond acceptors (Lipinski definition) is 3. The van der Waals surface area contributed by atoms with Crippen LogP contribution in [0.2, 0.25) is 0 Å². The summed E-state index contributed by atoms with van der Waals surface area (Å²) < 4.78 is 0. The number of aliphatic carboxylic acids is 1. The number of hydrogen-bond donors (Lipinski definition) is 2. The van der Waals surface area contributed by atoms with Crippen LogP contribution in [0.5, 0.6) is 0 Å². The van der Waals surface area contributed by atoms with Crippen molar-refractivity contribution >= 4 is 12.0 Å². The summed E-state index contributed by atoms with van der Waals surface area (Å²) in [6.07, 6.45) is 1.96. The molecule has 86 valence electrons. The molecule has 1 rings (SSSR count). The summed E-state index contributed by atoms with van der Waals surface area (Å²) >= 11 is 0. The molecule has 0 atom stereocenters. The van der Waals surface area contributed by atoms with Crippen LogP contribution in [0.4, 0.5) is 4.79 Å². The molecular weight excluding hydrogens is 200 g/mol. The van der Waals surface area contributed by atoms with Crippen LogP contribution in [0.25, 0.3) is 0 Å². The Hall–Kier alpha value is -1.30. The van der Waals surface area contributed by atoms with Crippen molar-refractivity contribution in [3.05, 3.63) is 0 Å². The highest BCUT2D eigenvalue weighted by molar-refractivity contribution is 5.73. The second kappa shape index (κ2) is 5.55. The van der Waals surface area contributed by atoms with E-state index < -0.39 is 12.6 Å². The average Bonchev–Trinajstić information content (AvgIpc) is 2.18. The molecule has 0 spiro atoms. The smallest absolute Gasteiger partial charge is 0.341 e. The Morgan fingerprint density at radius 3 is 2.60 bits per heavy atom. The summed E-state index contributed by atoms with van der Waals surface area (Å²) in [5.41, 5.74) is 2.10. The maximum atomic E-state index is 11.4. The molecule has 1 fully saturated rings. The molecule has 0 aromatic rings. The number of nitrogens with zero attached hydrogens (tertiary/aromatic N) is 1. The standard InChI is InChI=1S/C9H16N2O4/c1-7-2-4-11(5-3-7)9(14)10-15-6-8(12)13/h7H,2-6H2,1H3,(H,10,14)(H,12,13). The Bertz CT molecular complexity index is 236. The van der Waals surface area contributed by atoms with E-state index in [1.165, 1.54) is 0 Å². The van der Waals surface area contributed by atoms with Crippen LogP contribution >= 0.6 is 0 Å². The van der Waals surface area contributed by atoms with Crippen molar-refractivity contribution in [3.63, 3.8) is 0 Å². The molecule has 0 aromatic heterocycles. The number of likely N-dealkylation sites (tertiary alicyclic amines) is 1. The summed E-state index contributed by atoms with van der Waals surface area (Å²) in [5, 5.41) is 8.28. The fraction of sp³-hybridized carbons (Fsp3) is 0.778. The molecule has 1 aliphatic rings. The van der Waals surface area contributed by atoms with Gasteiger partial charge in [0.05, 0.1) is 0 Å². The molecule has 2 N–H and O–H groups in total. The predicted molar refractivity (Wildman–Crippen MR) is 52.1 cm³/mol. The first-order chi connectivity index (χ1) is 7.09.